The van der Waals surface area contributed by atoms with E-state index in [4.69, 9.17) is 9.47 Å². The molecule has 0 radical (unpaired) electrons. The summed E-state index contributed by atoms with van der Waals surface area (Å²) in [5.41, 5.74) is 1.06. The predicted molar refractivity (Wildman–Crippen MR) is 109 cm³/mol. The number of carbonyl (C=O) groups excluding carboxylic acids is 2. The maximum absolute atomic E-state index is 12.5. The zero-order chi connectivity index (χ0) is 20.5. The lowest BCUT2D eigenvalue weighted by Gasteiger charge is -2.34. The number of likely N-dealkylation sites (N-methyl/N-ethyl adjacent to an activating group) is 1. The maximum atomic E-state index is 12.5. The lowest BCUT2D eigenvalue weighted by Crippen LogP contribution is -2.49. The zero-order valence-corrected chi connectivity index (χ0v) is 17.6. The number of hydrogen-bond acceptors (Lipinski definition) is 5. The van der Waals surface area contributed by atoms with Crippen molar-refractivity contribution in [3.05, 3.63) is 23.8 Å². The lowest BCUT2D eigenvalue weighted by molar-refractivity contribution is -0.134. The average Bonchev–Trinajstić information content (AvgIpc) is 2.73. The van der Waals surface area contributed by atoms with Gasteiger partial charge in [0.25, 0.3) is 0 Å². The Morgan fingerprint density at radius 2 is 1.71 bits per heavy atom. The standard InChI is InChI=1S/C21H33N3O4/c1-5-22-12-14-24(15-13-22)21(26)9-11-23(17(2)25)10-8-18-6-7-19(27-3)20(16-18)28-4/h6-7,16H,5,8-15H2,1-4H3. The second-order valence-corrected chi connectivity index (χ2v) is 7.01. The minimum Gasteiger partial charge on any atom is -0.493 e. The minimum atomic E-state index is -0.0101. The molecule has 1 saturated heterocycles. The second kappa shape index (κ2) is 10.9. The van der Waals surface area contributed by atoms with E-state index in [1.54, 1.807) is 26.0 Å². The molecule has 1 aliphatic rings. The molecule has 0 unspecified atom stereocenters. The number of benzene rings is 1. The highest BCUT2D eigenvalue weighted by atomic mass is 16.5. The molecule has 7 heteroatoms. The van der Waals surface area contributed by atoms with Crippen LogP contribution in [-0.4, -0.2) is 86.5 Å². The smallest absolute Gasteiger partial charge is 0.224 e. The van der Waals surface area contributed by atoms with E-state index in [-0.39, 0.29) is 11.8 Å². The van der Waals surface area contributed by atoms with Crippen LogP contribution in [0.4, 0.5) is 0 Å². The van der Waals surface area contributed by atoms with Crippen LogP contribution >= 0.6 is 0 Å². The number of hydrogen-bond donors (Lipinski definition) is 0. The molecule has 0 bridgehead atoms. The molecule has 7 nitrogen and oxygen atoms in total. The average molecular weight is 392 g/mol. The Labute approximate surface area is 168 Å². The fraction of sp³-hybridized carbons (Fsp3) is 0.619. The number of carbonyl (C=O) groups is 2. The Morgan fingerprint density at radius 3 is 2.29 bits per heavy atom. The van der Waals surface area contributed by atoms with Crippen molar-refractivity contribution in [3.8, 4) is 11.5 Å². The summed E-state index contributed by atoms with van der Waals surface area (Å²) in [4.78, 5) is 30.5. The van der Waals surface area contributed by atoms with Crippen LogP contribution in [0.5, 0.6) is 11.5 Å². The Balaban J connectivity index is 1.85. The van der Waals surface area contributed by atoms with E-state index in [0.717, 1.165) is 38.3 Å². The van der Waals surface area contributed by atoms with Crippen LogP contribution in [0.2, 0.25) is 0 Å². The molecule has 156 valence electrons. The summed E-state index contributed by atoms with van der Waals surface area (Å²) in [7, 11) is 3.21. The molecular weight excluding hydrogens is 358 g/mol. The molecule has 0 aromatic heterocycles. The van der Waals surface area contributed by atoms with E-state index in [0.29, 0.717) is 37.4 Å². The van der Waals surface area contributed by atoms with Crippen LogP contribution in [0, 0.1) is 0 Å². The van der Waals surface area contributed by atoms with Gasteiger partial charge in [-0.25, -0.2) is 0 Å². The first-order valence-corrected chi connectivity index (χ1v) is 9.95. The van der Waals surface area contributed by atoms with Crippen molar-refractivity contribution < 1.29 is 19.1 Å². The molecule has 2 rings (SSSR count). The van der Waals surface area contributed by atoms with Gasteiger partial charge >= 0.3 is 0 Å². The summed E-state index contributed by atoms with van der Waals surface area (Å²) in [5, 5.41) is 0. The van der Waals surface area contributed by atoms with Gasteiger partial charge in [0, 0.05) is 52.6 Å². The van der Waals surface area contributed by atoms with E-state index >= 15 is 0 Å². The first kappa shape index (κ1) is 22.0. The molecule has 0 atom stereocenters. The highest BCUT2D eigenvalue weighted by Crippen LogP contribution is 2.27. The molecular formula is C21H33N3O4. The van der Waals surface area contributed by atoms with Gasteiger partial charge in [0.2, 0.25) is 11.8 Å². The van der Waals surface area contributed by atoms with Crippen molar-refractivity contribution in [3.63, 3.8) is 0 Å². The van der Waals surface area contributed by atoms with Gasteiger partial charge in [-0.2, -0.15) is 0 Å². The summed E-state index contributed by atoms with van der Waals surface area (Å²) in [6.45, 7) is 9.15. The van der Waals surface area contributed by atoms with Crippen molar-refractivity contribution in [2.45, 2.75) is 26.7 Å². The first-order valence-electron chi connectivity index (χ1n) is 9.95. The van der Waals surface area contributed by atoms with Gasteiger partial charge in [-0.1, -0.05) is 13.0 Å². The van der Waals surface area contributed by atoms with Gasteiger partial charge in [0.1, 0.15) is 0 Å². The molecule has 0 saturated carbocycles. The summed E-state index contributed by atoms with van der Waals surface area (Å²) < 4.78 is 10.6. The van der Waals surface area contributed by atoms with Crippen LogP contribution in [-0.2, 0) is 16.0 Å². The summed E-state index contributed by atoms with van der Waals surface area (Å²) in [6, 6.07) is 5.76. The molecule has 1 aliphatic heterocycles. The van der Waals surface area contributed by atoms with Crippen molar-refractivity contribution in [2.75, 3.05) is 60.0 Å². The molecule has 1 aromatic carbocycles. The van der Waals surface area contributed by atoms with Crippen molar-refractivity contribution in [1.82, 2.24) is 14.7 Å². The molecule has 0 spiro atoms. The number of amides is 2. The van der Waals surface area contributed by atoms with E-state index in [1.807, 2.05) is 23.1 Å². The van der Waals surface area contributed by atoms with E-state index in [1.165, 1.54) is 0 Å². The molecule has 0 N–H and O–H groups in total. The summed E-state index contributed by atoms with van der Waals surface area (Å²) in [5.74, 6) is 1.48. The van der Waals surface area contributed by atoms with E-state index in [2.05, 4.69) is 11.8 Å². The molecule has 0 aliphatic carbocycles. The normalized spacial score (nSPS) is 14.6. The van der Waals surface area contributed by atoms with Gasteiger partial charge in [-0.15, -0.1) is 0 Å². The number of rotatable bonds is 9. The topological polar surface area (TPSA) is 62.3 Å². The van der Waals surface area contributed by atoms with Crippen molar-refractivity contribution >= 4 is 11.8 Å². The third kappa shape index (κ3) is 6.12. The molecule has 28 heavy (non-hydrogen) atoms. The highest BCUT2D eigenvalue weighted by Gasteiger charge is 2.21. The van der Waals surface area contributed by atoms with Gasteiger partial charge in [-0.3, -0.25) is 9.59 Å². The van der Waals surface area contributed by atoms with E-state index < -0.39 is 0 Å². The maximum Gasteiger partial charge on any atom is 0.224 e. The second-order valence-electron chi connectivity index (χ2n) is 7.01. The Kier molecular flexibility index (Phi) is 8.57. The highest BCUT2D eigenvalue weighted by molar-refractivity contribution is 5.78. The Hall–Kier alpha value is -2.28. The monoisotopic (exact) mass is 391 g/mol. The van der Waals surface area contributed by atoms with Crippen LogP contribution in [0.1, 0.15) is 25.8 Å². The number of methoxy groups -OCH3 is 2. The largest absolute Gasteiger partial charge is 0.493 e. The van der Waals surface area contributed by atoms with Gasteiger partial charge in [0.05, 0.1) is 14.2 Å². The van der Waals surface area contributed by atoms with Gasteiger partial charge in [0.15, 0.2) is 11.5 Å². The third-order valence-electron chi connectivity index (χ3n) is 5.33. The van der Waals surface area contributed by atoms with Crippen LogP contribution < -0.4 is 9.47 Å². The number of ether oxygens (including phenoxy) is 2. The summed E-state index contributed by atoms with van der Waals surface area (Å²) in [6.07, 6.45) is 1.07. The SMILES string of the molecule is CCN1CCN(C(=O)CCN(CCc2ccc(OC)c(OC)c2)C(C)=O)CC1. The van der Waals surface area contributed by atoms with E-state index in [9.17, 15) is 9.59 Å². The molecule has 1 heterocycles. The number of nitrogens with zero attached hydrogens (tertiary/aromatic N) is 3. The Bertz CT molecular complexity index is 657. The molecule has 1 aromatic rings. The van der Waals surface area contributed by atoms with Crippen LogP contribution in [0.25, 0.3) is 0 Å². The van der Waals surface area contributed by atoms with Crippen LogP contribution in [0.3, 0.4) is 0 Å². The molecule has 1 fully saturated rings. The van der Waals surface area contributed by atoms with Crippen LogP contribution in [0.15, 0.2) is 18.2 Å². The van der Waals surface area contributed by atoms with Crippen molar-refractivity contribution in [2.24, 2.45) is 0 Å². The number of piperazine rings is 1. The van der Waals surface area contributed by atoms with Gasteiger partial charge in [-0.05, 0) is 30.7 Å². The fourth-order valence-electron chi connectivity index (χ4n) is 3.43. The van der Waals surface area contributed by atoms with Gasteiger partial charge < -0.3 is 24.2 Å². The minimum absolute atomic E-state index is 0.0101. The fourth-order valence-corrected chi connectivity index (χ4v) is 3.43. The third-order valence-corrected chi connectivity index (χ3v) is 5.33. The van der Waals surface area contributed by atoms with Crippen molar-refractivity contribution in [1.29, 1.82) is 0 Å². The summed E-state index contributed by atoms with van der Waals surface area (Å²) >= 11 is 0. The predicted octanol–water partition coefficient (Wildman–Crippen LogP) is 1.65. The molecule has 2 amide bonds. The quantitative estimate of drug-likeness (QED) is 0.641. The zero-order valence-electron chi connectivity index (χ0n) is 17.6. The Morgan fingerprint density at radius 1 is 1.04 bits per heavy atom. The lowest BCUT2D eigenvalue weighted by atomic mass is 10.1. The first-order chi connectivity index (χ1) is 13.5.